The normalized spacial score (nSPS) is 35.8. The van der Waals surface area contributed by atoms with Gasteiger partial charge in [0.25, 0.3) is 0 Å². The summed E-state index contributed by atoms with van der Waals surface area (Å²) < 4.78 is 5.79. The summed E-state index contributed by atoms with van der Waals surface area (Å²) in [5, 5.41) is 0. The van der Waals surface area contributed by atoms with Crippen molar-refractivity contribution in [2.45, 2.75) is 51.5 Å². The molecule has 0 amide bonds. The zero-order valence-electron chi connectivity index (χ0n) is 13.0. The van der Waals surface area contributed by atoms with Gasteiger partial charge in [0.05, 0.1) is 6.61 Å². The Morgan fingerprint density at radius 3 is 2.58 bits per heavy atom. The van der Waals surface area contributed by atoms with E-state index in [-0.39, 0.29) is 5.54 Å². The minimum absolute atomic E-state index is 0.195. The Bertz CT molecular complexity index is 280. The van der Waals surface area contributed by atoms with E-state index < -0.39 is 0 Å². The molecular formula is C16H32N2O. The van der Waals surface area contributed by atoms with Crippen molar-refractivity contribution in [3.05, 3.63) is 0 Å². The number of nitrogens with zero attached hydrogens (tertiary/aromatic N) is 1. The van der Waals surface area contributed by atoms with Crippen LogP contribution < -0.4 is 5.73 Å². The molecule has 2 aliphatic carbocycles. The van der Waals surface area contributed by atoms with Crippen LogP contribution >= 0.6 is 0 Å². The lowest BCUT2D eigenvalue weighted by Crippen LogP contribution is -2.59. The third-order valence-corrected chi connectivity index (χ3v) is 5.45. The SMILES string of the molecule is CC1CCC(C)C(CN)(N(C)CCOCC2CC2)C1. The fourth-order valence-corrected chi connectivity index (χ4v) is 3.64. The summed E-state index contributed by atoms with van der Waals surface area (Å²) in [5.41, 5.74) is 6.37. The number of nitrogens with two attached hydrogens (primary N) is 1. The molecule has 0 aliphatic heterocycles. The van der Waals surface area contributed by atoms with E-state index in [2.05, 4.69) is 25.8 Å². The van der Waals surface area contributed by atoms with Crippen molar-refractivity contribution in [3.8, 4) is 0 Å². The van der Waals surface area contributed by atoms with E-state index in [1.807, 2.05) is 0 Å². The third-order valence-electron chi connectivity index (χ3n) is 5.45. The fourth-order valence-electron chi connectivity index (χ4n) is 3.64. The maximum Gasteiger partial charge on any atom is 0.0593 e. The predicted molar refractivity (Wildman–Crippen MR) is 80.1 cm³/mol. The van der Waals surface area contributed by atoms with Gasteiger partial charge in [0.2, 0.25) is 0 Å². The van der Waals surface area contributed by atoms with Gasteiger partial charge in [-0.2, -0.15) is 0 Å². The molecule has 3 atom stereocenters. The molecule has 3 unspecified atom stereocenters. The molecule has 0 bridgehead atoms. The maximum atomic E-state index is 6.17. The number of hydrogen-bond donors (Lipinski definition) is 1. The molecule has 2 N–H and O–H groups in total. The minimum atomic E-state index is 0.195. The van der Waals surface area contributed by atoms with Gasteiger partial charge in [0, 0.05) is 25.2 Å². The first-order valence-electron chi connectivity index (χ1n) is 8.07. The summed E-state index contributed by atoms with van der Waals surface area (Å²) in [5.74, 6) is 2.36. The quantitative estimate of drug-likeness (QED) is 0.721. The molecule has 3 heteroatoms. The van der Waals surface area contributed by atoms with Crippen molar-refractivity contribution in [1.29, 1.82) is 0 Å². The highest BCUT2D eigenvalue weighted by Gasteiger charge is 2.42. The highest BCUT2D eigenvalue weighted by Crippen LogP contribution is 2.39. The third kappa shape index (κ3) is 3.71. The van der Waals surface area contributed by atoms with Crippen LogP contribution in [-0.2, 0) is 4.74 Å². The summed E-state index contributed by atoms with van der Waals surface area (Å²) in [7, 11) is 2.24. The smallest absolute Gasteiger partial charge is 0.0593 e. The highest BCUT2D eigenvalue weighted by molar-refractivity contribution is 4.98. The minimum Gasteiger partial charge on any atom is -0.380 e. The number of rotatable bonds is 7. The fraction of sp³-hybridized carbons (Fsp3) is 1.00. The van der Waals surface area contributed by atoms with Crippen LogP contribution in [0.1, 0.15) is 46.0 Å². The van der Waals surface area contributed by atoms with Gasteiger partial charge in [-0.05, 0) is 50.5 Å². The molecule has 2 saturated carbocycles. The maximum absolute atomic E-state index is 6.17. The summed E-state index contributed by atoms with van der Waals surface area (Å²) in [6, 6.07) is 0. The topological polar surface area (TPSA) is 38.5 Å². The van der Waals surface area contributed by atoms with E-state index in [1.165, 1.54) is 32.1 Å². The van der Waals surface area contributed by atoms with Crippen molar-refractivity contribution >= 4 is 0 Å². The van der Waals surface area contributed by atoms with Gasteiger partial charge in [-0.15, -0.1) is 0 Å². The molecule has 0 saturated heterocycles. The van der Waals surface area contributed by atoms with E-state index in [0.29, 0.717) is 5.92 Å². The first-order valence-corrected chi connectivity index (χ1v) is 8.07. The molecule has 2 aliphatic rings. The first kappa shape index (κ1) is 15.3. The zero-order chi connectivity index (χ0) is 13.9. The average Bonchev–Trinajstić information content (AvgIpc) is 3.21. The molecule has 0 aromatic carbocycles. The van der Waals surface area contributed by atoms with Crippen LogP contribution in [0.25, 0.3) is 0 Å². The second-order valence-corrected chi connectivity index (χ2v) is 7.04. The summed E-state index contributed by atoms with van der Waals surface area (Å²) in [4.78, 5) is 2.49. The Balaban J connectivity index is 1.82. The molecule has 2 fully saturated rings. The van der Waals surface area contributed by atoms with E-state index in [9.17, 15) is 0 Å². The highest BCUT2D eigenvalue weighted by atomic mass is 16.5. The Hall–Kier alpha value is -0.120. The molecule has 2 rings (SSSR count). The molecule has 3 nitrogen and oxygen atoms in total. The van der Waals surface area contributed by atoms with E-state index in [4.69, 9.17) is 10.5 Å². The van der Waals surface area contributed by atoms with Crippen LogP contribution in [-0.4, -0.2) is 43.8 Å². The number of ether oxygens (including phenoxy) is 1. The monoisotopic (exact) mass is 268 g/mol. The summed E-state index contributed by atoms with van der Waals surface area (Å²) >= 11 is 0. The summed E-state index contributed by atoms with van der Waals surface area (Å²) in [6.45, 7) is 8.36. The second-order valence-electron chi connectivity index (χ2n) is 7.04. The van der Waals surface area contributed by atoms with Gasteiger partial charge in [-0.1, -0.05) is 20.3 Å². The molecule has 0 heterocycles. The second kappa shape index (κ2) is 6.55. The lowest BCUT2D eigenvalue weighted by Gasteiger charge is -2.50. The number of likely N-dealkylation sites (N-methyl/N-ethyl adjacent to an activating group) is 1. The van der Waals surface area contributed by atoms with Gasteiger partial charge >= 0.3 is 0 Å². The summed E-state index contributed by atoms with van der Waals surface area (Å²) in [6.07, 6.45) is 6.65. The predicted octanol–water partition coefficient (Wildman–Crippen LogP) is 2.50. The Kier molecular flexibility index (Phi) is 5.27. The molecule has 19 heavy (non-hydrogen) atoms. The van der Waals surface area contributed by atoms with Gasteiger partial charge in [0.15, 0.2) is 0 Å². The Labute approximate surface area is 118 Å². The van der Waals surface area contributed by atoms with Crippen molar-refractivity contribution in [2.24, 2.45) is 23.5 Å². The zero-order valence-corrected chi connectivity index (χ0v) is 13.0. The van der Waals surface area contributed by atoms with Gasteiger partial charge < -0.3 is 10.5 Å². The number of hydrogen-bond acceptors (Lipinski definition) is 3. The Morgan fingerprint density at radius 2 is 1.95 bits per heavy atom. The largest absolute Gasteiger partial charge is 0.380 e. The van der Waals surface area contributed by atoms with E-state index in [0.717, 1.165) is 38.1 Å². The van der Waals surface area contributed by atoms with Crippen LogP contribution in [0.3, 0.4) is 0 Å². The molecule has 0 radical (unpaired) electrons. The molecule has 0 spiro atoms. The molecule has 0 aromatic rings. The van der Waals surface area contributed by atoms with Crippen molar-refractivity contribution in [3.63, 3.8) is 0 Å². The van der Waals surface area contributed by atoms with E-state index >= 15 is 0 Å². The standard InChI is InChI=1S/C16H32N2O/c1-13-4-5-14(2)16(10-13,12-17)18(3)8-9-19-11-15-6-7-15/h13-15H,4-12,17H2,1-3H3. The Morgan fingerprint density at radius 1 is 1.21 bits per heavy atom. The van der Waals surface area contributed by atoms with Gasteiger partial charge in [-0.3, -0.25) is 4.90 Å². The van der Waals surface area contributed by atoms with Crippen LogP contribution in [0.4, 0.5) is 0 Å². The van der Waals surface area contributed by atoms with Gasteiger partial charge in [0.1, 0.15) is 0 Å². The van der Waals surface area contributed by atoms with Crippen LogP contribution in [0, 0.1) is 17.8 Å². The van der Waals surface area contributed by atoms with Crippen molar-refractivity contribution in [2.75, 3.05) is 33.4 Å². The lowest BCUT2D eigenvalue weighted by atomic mass is 9.69. The van der Waals surface area contributed by atoms with Crippen LogP contribution in [0.5, 0.6) is 0 Å². The lowest BCUT2D eigenvalue weighted by molar-refractivity contribution is -0.00565. The molecular weight excluding hydrogens is 236 g/mol. The van der Waals surface area contributed by atoms with Gasteiger partial charge in [-0.25, -0.2) is 0 Å². The van der Waals surface area contributed by atoms with E-state index in [1.54, 1.807) is 0 Å². The average molecular weight is 268 g/mol. The molecule has 112 valence electrons. The first-order chi connectivity index (χ1) is 9.08. The molecule has 0 aromatic heterocycles. The van der Waals surface area contributed by atoms with Crippen LogP contribution in [0.2, 0.25) is 0 Å². The van der Waals surface area contributed by atoms with Crippen LogP contribution in [0.15, 0.2) is 0 Å². The van der Waals surface area contributed by atoms with Crippen molar-refractivity contribution in [1.82, 2.24) is 4.90 Å². The van der Waals surface area contributed by atoms with Crippen molar-refractivity contribution < 1.29 is 4.74 Å².